The highest BCUT2D eigenvalue weighted by Gasteiger charge is 2.68. The number of aromatic nitrogens is 1. The fraction of sp³-hybridized carbons (Fsp3) is 0.571. The number of fused-ring (bicyclic) bond motifs is 7. The van der Waals surface area contributed by atoms with Crippen LogP contribution < -0.4 is 9.46 Å². The van der Waals surface area contributed by atoms with Crippen LogP contribution in [-0.2, 0) is 26.8 Å². The van der Waals surface area contributed by atoms with Gasteiger partial charge in [-0.25, -0.2) is 13.1 Å². The molecule has 11 nitrogen and oxygen atoms in total. The highest BCUT2D eigenvalue weighted by Crippen LogP contribution is 2.64. The number of carbonyl (C=O) groups excluding carboxylic acids is 1. The van der Waals surface area contributed by atoms with Crippen LogP contribution in [-0.4, -0.2) is 99.0 Å². The predicted octanol–water partition coefficient (Wildman–Crippen LogP) is 4.49. The second-order valence-electron chi connectivity index (χ2n) is 14.6. The summed E-state index contributed by atoms with van der Waals surface area (Å²) in [5, 5.41) is 0.985. The molecule has 4 atom stereocenters. The molecule has 3 heterocycles. The Balaban J connectivity index is 1.45. The maximum atomic E-state index is 15.0. The molecule has 0 bridgehead atoms. The zero-order chi connectivity index (χ0) is 34.3. The number of amides is 1. The average molecular weight is 698 g/mol. The van der Waals surface area contributed by atoms with Gasteiger partial charge in [0, 0.05) is 73.8 Å². The second kappa shape index (κ2) is 11.8. The molecule has 1 saturated heterocycles. The number of nitrogens with zero attached hydrogens (tertiary/aromatic N) is 4. The van der Waals surface area contributed by atoms with Crippen molar-refractivity contribution in [2.24, 2.45) is 0 Å². The third kappa shape index (κ3) is 5.19. The highest BCUT2D eigenvalue weighted by atomic mass is 32.2. The van der Waals surface area contributed by atoms with Gasteiger partial charge in [-0.3, -0.25) is 9.69 Å². The summed E-state index contributed by atoms with van der Waals surface area (Å²) in [6, 6.07) is 11.6. The topological polar surface area (TPSA) is 121 Å². The number of rotatable bonds is 7. The lowest BCUT2D eigenvalue weighted by Crippen LogP contribution is -2.58. The van der Waals surface area contributed by atoms with Gasteiger partial charge in [-0.15, -0.1) is 0 Å². The number of sulfonamides is 1. The summed E-state index contributed by atoms with van der Waals surface area (Å²) in [5.74, 6) is 0.0242. The monoisotopic (exact) mass is 697 g/mol. The van der Waals surface area contributed by atoms with E-state index in [1.165, 1.54) is 26.1 Å². The van der Waals surface area contributed by atoms with Crippen molar-refractivity contribution in [1.29, 1.82) is 0 Å². The SMILES string of the molecule is COc1ccc2c(c1)C1CC1(S(=O)(=O)N1C[C@@H](C)N(C)[C@@H](C)C1)Cn1c-2c(C2CCCCC2)c2ccc(C(=O)NS(=O)(=O)N(C)C)cc21. The lowest BCUT2D eigenvalue weighted by Gasteiger charge is -2.43. The third-order valence-corrected chi connectivity index (χ3v) is 15.6. The van der Waals surface area contributed by atoms with E-state index in [0.717, 1.165) is 57.7 Å². The normalized spacial score (nSPS) is 26.9. The Hall–Kier alpha value is -2.97. The summed E-state index contributed by atoms with van der Waals surface area (Å²) in [7, 11) is -1.39. The minimum Gasteiger partial charge on any atom is -0.497 e. The number of carbonyl (C=O) groups is 1. The summed E-state index contributed by atoms with van der Waals surface area (Å²) >= 11 is 0. The lowest BCUT2D eigenvalue weighted by atomic mass is 9.81. The first-order valence-electron chi connectivity index (χ1n) is 17.0. The van der Waals surface area contributed by atoms with E-state index in [-0.39, 0.29) is 36.0 Å². The Morgan fingerprint density at radius 2 is 1.67 bits per heavy atom. The maximum absolute atomic E-state index is 15.0. The van der Waals surface area contributed by atoms with Crippen molar-refractivity contribution in [1.82, 2.24) is 22.8 Å². The molecule has 3 fully saturated rings. The van der Waals surface area contributed by atoms with Crippen molar-refractivity contribution in [3.63, 3.8) is 0 Å². The molecule has 7 rings (SSSR count). The quantitative estimate of drug-likeness (QED) is 0.386. The van der Waals surface area contributed by atoms with Crippen molar-refractivity contribution >= 4 is 37.0 Å². The van der Waals surface area contributed by atoms with E-state index in [1.807, 2.05) is 25.2 Å². The van der Waals surface area contributed by atoms with E-state index in [0.29, 0.717) is 25.3 Å². The van der Waals surface area contributed by atoms with Crippen molar-refractivity contribution in [3.05, 3.63) is 53.1 Å². The van der Waals surface area contributed by atoms with E-state index < -0.39 is 30.9 Å². The molecule has 0 radical (unpaired) electrons. The number of piperazine rings is 1. The summed E-state index contributed by atoms with van der Waals surface area (Å²) < 4.78 is 66.7. The van der Waals surface area contributed by atoms with Crippen LogP contribution in [0.25, 0.3) is 22.2 Å². The van der Waals surface area contributed by atoms with E-state index in [9.17, 15) is 21.6 Å². The van der Waals surface area contributed by atoms with Gasteiger partial charge in [0.15, 0.2) is 0 Å². The lowest BCUT2D eigenvalue weighted by molar-refractivity contribution is 0.0979. The summed E-state index contributed by atoms with van der Waals surface area (Å²) in [5.41, 5.74) is 5.16. The van der Waals surface area contributed by atoms with Gasteiger partial charge in [0.05, 0.1) is 12.8 Å². The Morgan fingerprint density at radius 1 is 0.979 bits per heavy atom. The van der Waals surface area contributed by atoms with Crippen LogP contribution in [0.15, 0.2) is 36.4 Å². The first kappa shape index (κ1) is 33.5. The van der Waals surface area contributed by atoms with Gasteiger partial charge in [0.1, 0.15) is 10.5 Å². The molecule has 3 aromatic rings. The molecular weight excluding hydrogens is 651 g/mol. The fourth-order valence-electron chi connectivity index (χ4n) is 8.51. The van der Waals surface area contributed by atoms with Gasteiger partial charge in [-0.1, -0.05) is 25.3 Å². The molecule has 4 aliphatic rings. The van der Waals surface area contributed by atoms with Crippen LogP contribution in [0.4, 0.5) is 0 Å². The number of ether oxygens (including phenoxy) is 1. The van der Waals surface area contributed by atoms with Crippen molar-refractivity contribution in [2.75, 3.05) is 41.3 Å². The molecule has 0 spiro atoms. The van der Waals surface area contributed by atoms with Gasteiger partial charge in [-0.05, 0) is 87.5 Å². The van der Waals surface area contributed by atoms with Crippen molar-refractivity contribution in [2.45, 2.75) is 87.6 Å². The Labute approximate surface area is 284 Å². The first-order chi connectivity index (χ1) is 22.7. The molecule has 1 amide bonds. The van der Waals surface area contributed by atoms with Gasteiger partial charge >= 0.3 is 10.2 Å². The van der Waals surface area contributed by atoms with Crippen LogP contribution in [0.1, 0.15) is 85.7 Å². The second-order valence-corrected chi connectivity index (χ2v) is 18.8. The average Bonchev–Trinajstić information content (AvgIpc) is 3.74. The number of hydrogen-bond acceptors (Lipinski definition) is 7. The number of likely N-dealkylation sites (N-methyl/N-ethyl adjacent to an activating group) is 1. The Morgan fingerprint density at radius 3 is 2.31 bits per heavy atom. The number of hydrogen-bond donors (Lipinski definition) is 1. The summed E-state index contributed by atoms with van der Waals surface area (Å²) in [6.45, 7) is 5.25. The molecule has 1 N–H and O–H groups in total. The smallest absolute Gasteiger partial charge is 0.303 e. The number of nitrogens with one attached hydrogen (secondary N) is 1. The molecule has 2 aromatic carbocycles. The van der Waals surface area contributed by atoms with Crippen LogP contribution in [0, 0.1) is 0 Å². The van der Waals surface area contributed by atoms with Gasteiger partial charge < -0.3 is 9.30 Å². The van der Waals surface area contributed by atoms with Crippen LogP contribution >= 0.6 is 0 Å². The largest absolute Gasteiger partial charge is 0.497 e. The molecule has 13 heteroatoms. The summed E-state index contributed by atoms with van der Waals surface area (Å²) in [6.07, 6.45) is 5.99. The van der Waals surface area contributed by atoms with E-state index in [2.05, 4.69) is 34.1 Å². The minimum atomic E-state index is -4.01. The third-order valence-electron chi connectivity index (χ3n) is 11.6. The van der Waals surface area contributed by atoms with E-state index >= 15 is 0 Å². The summed E-state index contributed by atoms with van der Waals surface area (Å²) in [4.78, 5) is 15.6. The van der Waals surface area contributed by atoms with Crippen molar-refractivity contribution < 1.29 is 26.4 Å². The molecule has 1 aromatic heterocycles. The molecule has 48 heavy (non-hydrogen) atoms. The van der Waals surface area contributed by atoms with Gasteiger partial charge in [0.25, 0.3) is 5.91 Å². The van der Waals surface area contributed by atoms with Crippen LogP contribution in [0.5, 0.6) is 5.75 Å². The number of benzene rings is 2. The van der Waals surface area contributed by atoms with E-state index in [1.54, 1.807) is 23.5 Å². The Bertz CT molecular complexity index is 1990. The van der Waals surface area contributed by atoms with Crippen LogP contribution in [0.3, 0.4) is 0 Å². The first-order valence-corrected chi connectivity index (χ1v) is 19.9. The zero-order valence-corrected chi connectivity index (χ0v) is 30.3. The van der Waals surface area contributed by atoms with Gasteiger partial charge in [-0.2, -0.15) is 17.0 Å². The highest BCUT2D eigenvalue weighted by molar-refractivity contribution is 7.91. The maximum Gasteiger partial charge on any atom is 0.303 e. The zero-order valence-electron chi connectivity index (χ0n) is 28.7. The molecule has 2 aliphatic heterocycles. The molecule has 260 valence electrons. The van der Waals surface area contributed by atoms with E-state index in [4.69, 9.17) is 4.74 Å². The molecule has 2 unspecified atom stereocenters. The molecule has 2 saturated carbocycles. The van der Waals surface area contributed by atoms with Crippen molar-refractivity contribution in [3.8, 4) is 17.0 Å². The Kier molecular flexibility index (Phi) is 8.26. The van der Waals surface area contributed by atoms with Crippen LogP contribution in [0.2, 0.25) is 0 Å². The predicted molar refractivity (Wildman–Crippen MR) is 187 cm³/mol. The standard InChI is InChI=1S/C35H47N5O6S2/c1-22-19-39(20-23(2)38(22)5)47(42,43)35-18-30(35)29-17-26(46-6)13-15-27(29)33-32(24-10-8-7-9-11-24)28-14-12-25(16-31(28)40(33)21-35)34(41)36-48(44,45)37(3)4/h12-17,22-24,30H,7-11,18-21H2,1-6H3,(H,36,41)/t22-,23+,30?,35?. The fourth-order valence-corrected chi connectivity index (χ4v) is 11.5. The minimum absolute atomic E-state index is 0.0793. The number of methoxy groups -OCH3 is 1. The molecule has 2 aliphatic carbocycles. The molecular formula is C35H47N5O6S2. The van der Waals surface area contributed by atoms with Gasteiger partial charge in [0.2, 0.25) is 10.0 Å².